The lowest BCUT2D eigenvalue weighted by Gasteiger charge is -2.42. The van der Waals surface area contributed by atoms with Crippen molar-refractivity contribution in [2.24, 2.45) is 23.7 Å². The number of rotatable bonds is 28. The minimum absolute atomic E-state index is 0.0624. The number of H-pyrrole nitrogens is 3. The Morgan fingerprint density at radius 1 is 0.422 bits per heavy atom. The molecule has 0 saturated carbocycles. The summed E-state index contributed by atoms with van der Waals surface area (Å²) in [5.41, 5.74) is 7.48. The quantitative estimate of drug-likeness (QED) is 0.0354. The number of aliphatic hydroxyl groups is 1. The molecular formula is C84H99F12N9O4. The Balaban J connectivity index is 0.000000144. The number of hydrogen-bond acceptors (Lipinski definition) is 10. The third-order valence-electron chi connectivity index (χ3n) is 23.0. The second kappa shape index (κ2) is 35.3. The van der Waals surface area contributed by atoms with Gasteiger partial charge in [-0.3, -0.25) is 47.0 Å². The van der Waals surface area contributed by atoms with E-state index in [4.69, 9.17) is 14.2 Å². The van der Waals surface area contributed by atoms with Crippen LogP contribution in [0.5, 0.6) is 17.2 Å². The summed E-state index contributed by atoms with van der Waals surface area (Å²) in [6, 6.07) is 27.9. The van der Waals surface area contributed by atoms with Crippen LogP contribution >= 0.6 is 0 Å². The molecule has 9 atom stereocenters. The third-order valence-corrected chi connectivity index (χ3v) is 23.0. The number of aromatic amines is 3. The van der Waals surface area contributed by atoms with Gasteiger partial charge in [-0.2, -0.15) is 0 Å². The van der Waals surface area contributed by atoms with Gasteiger partial charge in [-0.1, -0.05) is 68.4 Å². The van der Waals surface area contributed by atoms with Crippen molar-refractivity contribution in [3.05, 3.63) is 195 Å². The van der Waals surface area contributed by atoms with E-state index in [9.17, 15) is 31.4 Å². The van der Waals surface area contributed by atoms with Gasteiger partial charge in [-0.25, -0.2) is 35.1 Å². The molecule has 25 heteroatoms. The Labute approximate surface area is 628 Å². The van der Waals surface area contributed by atoms with Crippen molar-refractivity contribution in [3.63, 3.8) is 0 Å². The second-order valence-corrected chi connectivity index (χ2v) is 30.6. The molecule has 3 aromatic heterocycles. The number of nitrogens with one attached hydrogen (secondary N) is 3. The highest BCUT2D eigenvalue weighted by Crippen LogP contribution is 2.48. The summed E-state index contributed by atoms with van der Waals surface area (Å²) in [5, 5.41) is 12.7. The number of hydrogen-bond donors (Lipinski definition) is 4. The van der Waals surface area contributed by atoms with Gasteiger partial charge in [-0.15, -0.1) is 0 Å². The summed E-state index contributed by atoms with van der Waals surface area (Å²) in [6.45, 7) is 14.2. The SMILES string of the molecule is CC[C@@H](F)CN1[C@H](c2c(F)cc(OCCN3CC(CF)C3)cc2F)c2[nH]c3ccccc3c2C[C@H]1C.CC[C@H](F)CN1[C@H](c2c(F)cc(OCCN3CC(CF)C3)cc2F)c2[nH]c3ccccc3c2C[C@H]1C.C[C@@H]1Cc2c([nH]c3ccccc23)[C@@H](c2c(F)cc(OCCN3CC(CF)C3)cc2F)N1C[C@H](CO)CF. The van der Waals surface area contributed by atoms with Gasteiger partial charge in [0.15, 0.2) is 0 Å². The topological polar surface area (TPSA) is 115 Å². The van der Waals surface area contributed by atoms with Crippen molar-refractivity contribution in [1.82, 2.24) is 44.4 Å². The van der Waals surface area contributed by atoms with Crippen molar-refractivity contribution in [3.8, 4) is 17.2 Å². The summed E-state index contributed by atoms with van der Waals surface area (Å²) >= 11 is 0. The fraction of sp³-hybridized carbons (Fsp3) is 0.500. The fourth-order valence-corrected chi connectivity index (χ4v) is 16.9. The maximum Gasteiger partial charge on any atom is 0.135 e. The average Bonchev–Trinajstić information content (AvgIpc) is 1.65. The molecule has 109 heavy (non-hydrogen) atoms. The zero-order valence-corrected chi connectivity index (χ0v) is 62.4. The Hall–Kier alpha value is -7.78. The number of nitrogens with zero attached hydrogens (tertiary/aromatic N) is 6. The van der Waals surface area contributed by atoms with Crippen LogP contribution in [0.3, 0.4) is 0 Å². The standard InChI is InChI=1S/C28H33F4N3O2.2C28H33F4N3O/c1-17-8-22-21-4-2-3-5-25(21)33-27(22)28(35(17)15-19(12-30)16-36)26-23(31)9-20(10-24(26)32)37-7-6-34-13-18(11-29)14-34;2*1-3-19(30)16-35-17(2)10-22-21-6-4-5-7-25(21)33-27(22)28(35)26-23(31)11-20(12-24(26)32)36-9-8-34-14-18(13-29)15-34/h2-5,9-10,17-19,28,33,36H,6-8,11-16H2,1H3;2*4-7,11-12,17-19,28,33H,3,8-10,13-16H2,1-2H3/t17-,19-,28-;17-,19+,28-;17-,19-,28-/m111/s1. The molecule has 6 aliphatic rings. The summed E-state index contributed by atoms with van der Waals surface area (Å²) in [5.74, 6) is -4.49. The maximum atomic E-state index is 15.7. The van der Waals surface area contributed by atoms with Gasteiger partial charge >= 0.3 is 0 Å². The van der Waals surface area contributed by atoms with Gasteiger partial charge in [0.1, 0.15) is 84.3 Å². The first-order chi connectivity index (χ1) is 52.7. The van der Waals surface area contributed by atoms with E-state index in [0.29, 0.717) is 108 Å². The summed E-state index contributed by atoms with van der Waals surface area (Å²) in [7, 11) is 0. The van der Waals surface area contributed by atoms with Gasteiger partial charge in [0.25, 0.3) is 0 Å². The molecule has 6 aliphatic heterocycles. The summed E-state index contributed by atoms with van der Waals surface area (Å²) in [4.78, 5) is 21.9. The molecule has 13 nitrogen and oxygen atoms in total. The normalized spacial score (nSPS) is 21.9. The lowest BCUT2D eigenvalue weighted by atomic mass is 9.87. The maximum absolute atomic E-state index is 15.7. The van der Waals surface area contributed by atoms with Crippen LogP contribution in [0.4, 0.5) is 52.7 Å². The number of halogens is 12. The number of fused-ring (bicyclic) bond motifs is 9. The Bertz CT molecular complexity index is 4280. The number of benzene rings is 6. The Morgan fingerprint density at radius 3 is 0.954 bits per heavy atom. The van der Waals surface area contributed by atoms with E-state index in [2.05, 4.69) is 15.0 Å². The molecule has 0 radical (unpaired) electrons. The summed E-state index contributed by atoms with van der Waals surface area (Å²) < 4.78 is 191. The van der Waals surface area contributed by atoms with Crippen molar-refractivity contribution in [1.29, 1.82) is 0 Å². The van der Waals surface area contributed by atoms with Gasteiger partial charge < -0.3 is 34.3 Å². The van der Waals surface area contributed by atoms with Crippen LogP contribution < -0.4 is 14.2 Å². The van der Waals surface area contributed by atoms with E-state index in [1.807, 2.05) is 123 Å². The van der Waals surface area contributed by atoms with Gasteiger partial charge in [0.05, 0.1) is 44.8 Å². The zero-order chi connectivity index (χ0) is 76.9. The van der Waals surface area contributed by atoms with E-state index in [-0.39, 0.29) is 136 Å². The first-order valence-electron chi connectivity index (χ1n) is 38.4. The predicted molar refractivity (Wildman–Crippen MR) is 400 cm³/mol. The molecule has 0 unspecified atom stereocenters. The van der Waals surface area contributed by atoms with Crippen LogP contribution in [0, 0.1) is 58.6 Å². The Kier molecular flexibility index (Phi) is 25.7. The smallest absolute Gasteiger partial charge is 0.135 e. The number of para-hydroxylation sites is 3. The van der Waals surface area contributed by atoms with Gasteiger partial charge in [0.2, 0.25) is 0 Å². The molecular weight excluding hydrogens is 1430 g/mol. The minimum Gasteiger partial charge on any atom is -0.492 e. The molecule has 6 aromatic carbocycles. The monoisotopic (exact) mass is 1530 g/mol. The van der Waals surface area contributed by atoms with Crippen molar-refractivity contribution in [2.75, 3.05) is 132 Å². The van der Waals surface area contributed by atoms with Crippen LogP contribution in [0.25, 0.3) is 32.7 Å². The van der Waals surface area contributed by atoms with Gasteiger partial charge in [0, 0.05) is 230 Å². The highest BCUT2D eigenvalue weighted by atomic mass is 19.2. The molecule has 0 spiro atoms. The molecule has 9 aromatic rings. The van der Waals surface area contributed by atoms with Crippen LogP contribution in [-0.2, 0) is 19.3 Å². The summed E-state index contributed by atoms with van der Waals surface area (Å²) in [6.07, 6.45) is 0.408. The number of aliphatic hydroxyl groups excluding tert-OH is 1. The van der Waals surface area contributed by atoms with Crippen LogP contribution in [0.2, 0.25) is 0 Å². The van der Waals surface area contributed by atoms with Crippen molar-refractivity contribution in [2.45, 2.75) is 115 Å². The van der Waals surface area contributed by atoms with Crippen LogP contribution in [-0.4, -0.2) is 212 Å². The van der Waals surface area contributed by atoms with E-state index >= 15 is 26.3 Å². The number of alkyl halides is 6. The van der Waals surface area contributed by atoms with E-state index in [0.717, 1.165) is 49.4 Å². The molecule has 4 N–H and O–H groups in total. The molecule has 15 rings (SSSR count). The molecule has 9 heterocycles. The van der Waals surface area contributed by atoms with Crippen LogP contribution in [0.1, 0.15) is 116 Å². The largest absolute Gasteiger partial charge is 0.492 e. The third kappa shape index (κ3) is 17.2. The highest BCUT2D eigenvalue weighted by molar-refractivity contribution is 5.87. The lowest BCUT2D eigenvalue weighted by Crippen LogP contribution is -2.49. The second-order valence-electron chi connectivity index (χ2n) is 30.6. The molecule has 0 aliphatic carbocycles. The van der Waals surface area contributed by atoms with Gasteiger partial charge in [-0.05, 0) is 87.8 Å². The predicted octanol–water partition coefficient (Wildman–Crippen LogP) is 16.3. The number of likely N-dealkylation sites (tertiary alicyclic amines) is 3. The van der Waals surface area contributed by atoms with Crippen molar-refractivity contribution >= 4 is 32.7 Å². The van der Waals surface area contributed by atoms with Crippen LogP contribution in [0.15, 0.2) is 109 Å². The van der Waals surface area contributed by atoms with E-state index in [1.54, 1.807) is 13.8 Å². The van der Waals surface area contributed by atoms with E-state index < -0.39 is 78.0 Å². The highest BCUT2D eigenvalue weighted by Gasteiger charge is 2.44. The first kappa shape index (κ1) is 79.3. The Morgan fingerprint density at radius 2 is 0.697 bits per heavy atom. The molecule has 588 valence electrons. The molecule has 3 fully saturated rings. The molecule has 0 bridgehead atoms. The number of ether oxygens (including phenoxy) is 3. The lowest BCUT2D eigenvalue weighted by molar-refractivity contribution is 0.0666. The average molecular weight is 1530 g/mol. The van der Waals surface area contributed by atoms with Crippen molar-refractivity contribution < 1.29 is 72.0 Å². The molecule has 0 amide bonds. The fourth-order valence-electron chi connectivity index (χ4n) is 16.9. The molecule has 3 saturated heterocycles. The minimum atomic E-state index is -1.10. The van der Waals surface area contributed by atoms with E-state index in [1.165, 1.54) is 36.4 Å². The zero-order valence-electron chi connectivity index (χ0n) is 62.4. The first-order valence-corrected chi connectivity index (χ1v) is 38.4. The number of aromatic nitrogens is 3.